The Morgan fingerprint density at radius 3 is 2.50 bits per heavy atom. The molecule has 0 radical (unpaired) electrons. The lowest BCUT2D eigenvalue weighted by Gasteiger charge is -2.48. The third-order valence-electron chi connectivity index (χ3n) is 3.90. The summed E-state index contributed by atoms with van der Waals surface area (Å²) in [5.41, 5.74) is 2.58. The molecule has 0 atom stereocenters. The van der Waals surface area contributed by atoms with Crippen LogP contribution in [0.5, 0.6) is 0 Å². The van der Waals surface area contributed by atoms with Gasteiger partial charge in [-0.25, -0.2) is 0 Å². The van der Waals surface area contributed by atoms with E-state index in [1.807, 2.05) is 13.1 Å². The third kappa shape index (κ3) is 1.69. The molecule has 3 rings (SSSR count). The molecule has 0 bridgehead atoms. The minimum atomic E-state index is 0.245. The lowest BCUT2D eigenvalue weighted by Crippen LogP contribution is -2.52. The Morgan fingerprint density at radius 1 is 1.25 bits per heavy atom. The lowest BCUT2D eigenvalue weighted by atomic mass is 9.84. The van der Waals surface area contributed by atoms with Gasteiger partial charge in [0.05, 0.1) is 24.1 Å². The van der Waals surface area contributed by atoms with Crippen LogP contribution in [0.3, 0.4) is 0 Å². The molecule has 2 aliphatic rings. The van der Waals surface area contributed by atoms with Crippen LogP contribution >= 0.6 is 0 Å². The van der Waals surface area contributed by atoms with Gasteiger partial charge in [0.15, 0.2) is 0 Å². The quantitative estimate of drug-likeness (QED) is 0.722. The Kier molecular flexibility index (Phi) is 2.36. The van der Waals surface area contributed by atoms with E-state index in [0.717, 1.165) is 25.4 Å². The molecule has 1 aromatic rings. The minimum absolute atomic E-state index is 0.245. The lowest BCUT2D eigenvalue weighted by molar-refractivity contribution is -0.158. The summed E-state index contributed by atoms with van der Waals surface area (Å²) in [6.45, 7) is 5.19. The van der Waals surface area contributed by atoms with E-state index in [4.69, 9.17) is 4.74 Å². The summed E-state index contributed by atoms with van der Waals surface area (Å²) in [7, 11) is 0. The van der Waals surface area contributed by atoms with Crippen LogP contribution in [0.25, 0.3) is 0 Å². The molecule has 0 N–H and O–H groups in total. The van der Waals surface area contributed by atoms with Gasteiger partial charge in [-0.3, -0.25) is 4.98 Å². The van der Waals surface area contributed by atoms with Gasteiger partial charge in [0.1, 0.15) is 0 Å². The predicted octanol–water partition coefficient (Wildman–Crippen LogP) is 2.15. The van der Waals surface area contributed by atoms with Crippen molar-refractivity contribution in [2.24, 2.45) is 0 Å². The van der Waals surface area contributed by atoms with Gasteiger partial charge in [-0.15, -0.1) is 0 Å². The van der Waals surface area contributed by atoms with E-state index >= 15 is 0 Å². The summed E-state index contributed by atoms with van der Waals surface area (Å²) in [5, 5.41) is 0. The van der Waals surface area contributed by atoms with E-state index in [1.54, 1.807) is 0 Å². The van der Waals surface area contributed by atoms with Crippen LogP contribution in [0.1, 0.15) is 25.0 Å². The Bertz CT molecular complexity index is 360. The fourth-order valence-corrected chi connectivity index (χ4v) is 2.60. The highest BCUT2D eigenvalue weighted by Crippen LogP contribution is 2.37. The molecule has 3 heterocycles. The predicted molar refractivity (Wildman–Crippen MR) is 63.7 cm³/mol. The molecule has 2 aliphatic heterocycles. The van der Waals surface area contributed by atoms with Crippen LogP contribution in [-0.4, -0.2) is 30.3 Å². The van der Waals surface area contributed by atoms with Crippen molar-refractivity contribution in [3.05, 3.63) is 24.0 Å². The van der Waals surface area contributed by atoms with Crippen LogP contribution in [-0.2, 0) is 4.74 Å². The SMILES string of the molecule is Cc1ccc(N2CCC3(CCO3)CC2)cn1. The zero-order valence-electron chi connectivity index (χ0n) is 9.78. The van der Waals surface area contributed by atoms with E-state index in [0.29, 0.717) is 0 Å². The van der Waals surface area contributed by atoms with E-state index in [-0.39, 0.29) is 5.60 Å². The van der Waals surface area contributed by atoms with E-state index in [2.05, 4.69) is 22.0 Å². The average molecular weight is 218 g/mol. The number of aromatic nitrogens is 1. The number of ether oxygens (including phenoxy) is 1. The van der Waals surface area contributed by atoms with Crippen molar-refractivity contribution in [2.45, 2.75) is 31.8 Å². The number of anilines is 1. The zero-order valence-corrected chi connectivity index (χ0v) is 9.78. The number of aryl methyl sites for hydroxylation is 1. The summed E-state index contributed by atoms with van der Waals surface area (Å²) < 4.78 is 5.72. The summed E-state index contributed by atoms with van der Waals surface area (Å²) in [5.74, 6) is 0. The Balaban J connectivity index is 1.67. The molecule has 16 heavy (non-hydrogen) atoms. The number of nitrogens with zero attached hydrogens (tertiary/aromatic N) is 2. The van der Waals surface area contributed by atoms with Crippen LogP contribution in [0, 0.1) is 6.92 Å². The maximum atomic E-state index is 5.72. The Morgan fingerprint density at radius 2 is 2.00 bits per heavy atom. The first-order valence-electron chi connectivity index (χ1n) is 6.09. The molecular formula is C13H18N2O. The average Bonchev–Trinajstić information content (AvgIpc) is 2.28. The summed E-state index contributed by atoms with van der Waals surface area (Å²) in [6, 6.07) is 4.25. The molecule has 3 heteroatoms. The van der Waals surface area contributed by atoms with Crippen molar-refractivity contribution < 1.29 is 4.74 Å². The highest BCUT2D eigenvalue weighted by molar-refractivity contribution is 5.45. The second kappa shape index (κ2) is 3.74. The van der Waals surface area contributed by atoms with Gasteiger partial charge >= 0.3 is 0 Å². The standard InChI is InChI=1S/C13H18N2O/c1-11-2-3-12(10-14-11)15-7-4-13(5-8-15)6-9-16-13/h2-3,10H,4-9H2,1H3. The van der Waals surface area contributed by atoms with Gasteiger partial charge in [0.2, 0.25) is 0 Å². The summed E-state index contributed by atoms with van der Waals surface area (Å²) in [6.07, 6.45) is 5.57. The topological polar surface area (TPSA) is 25.4 Å². The van der Waals surface area contributed by atoms with Crippen LogP contribution in [0.2, 0.25) is 0 Å². The van der Waals surface area contributed by atoms with E-state index in [9.17, 15) is 0 Å². The molecule has 2 fully saturated rings. The Hall–Kier alpha value is -1.09. The first-order valence-corrected chi connectivity index (χ1v) is 6.09. The van der Waals surface area contributed by atoms with Gasteiger partial charge < -0.3 is 9.64 Å². The van der Waals surface area contributed by atoms with Crippen molar-refractivity contribution in [3.8, 4) is 0 Å². The first kappa shape index (κ1) is 10.1. The molecule has 0 amide bonds. The number of pyridine rings is 1. The van der Waals surface area contributed by atoms with Gasteiger partial charge in [0.25, 0.3) is 0 Å². The van der Waals surface area contributed by atoms with Crippen LogP contribution in [0.4, 0.5) is 5.69 Å². The summed E-state index contributed by atoms with van der Waals surface area (Å²) >= 11 is 0. The van der Waals surface area contributed by atoms with Crippen LogP contribution in [0.15, 0.2) is 18.3 Å². The molecule has 86 valence electrons. The molecule has 2 saturated heterocycles. The molecule has 1 spiro atoms. The van der Waals surface area contributed by atoms with Crippen molar-refractivity contribution in [1.82, 2.24) is 4.98 Å². The molecule has 0 aliphatic carbocycles. The maximum Gasteiger partial charge on any atom is 0.0738 e. The van der Waals surface area contributed by atoms with E-state index in [1.165, 1.54) is 24.9 Å². The Labute approximate surface area is 96.4 Å². The highest BCUT2D eigenvalue weighted by Gasteiger charge is 2.41. The second-order valence-corrected chi connectivity index (χ2v) is 4.93. The first-order chi connectivity index (χ1) is 7.77. The second-order valence-electron chi connectivity index (χ2n) is 4.93. The van der Waals surface area contributed by atoms with Gasteiger partial charge in [-0.2, -0.15) is 0 Å². The van der Waals surface area contributed by atoms with Gasteiger partial charge in [-0.05, 0) is 38.3 Å². The van der Waals surface area contributed by atoms with E-state index < -0.39 is 0 Å². The molecular weight excluding hydrogens is 200 g/mol. The zero-order chi connectivity index (χ0) is 11.0. The van der Waals surface area contributed by atoms with Crippen molar-refractivity contribution in [2.75, 3.05) is 24.6 Å². The van der Waals surface area contributed by atoms with Crippen molar-refractivity contribution >= 4 is 5.69 Å². The van der Waals surface area contributed by atoms with Crippen LogP contribution < -0.4 is 4.90 Å². The molecule has 0 aromatic carbocycles. The molecule has 0 saturated carbocycles. The molecule has 0 unspecified atom stereocenters. The van der Waals surface area contributed by atoms with Crippen molar-refractivity contribution in [3.63, 3.8) is 0 Å². The number of piperidine rings is 1. The van der Waals surface area contributed by atoms with Crippen molar-refractivity contribution in [1.29, 1.82) is 0 Å². The molecule has 3 nitrogen and oxygen atoms in total. The number of hydrogen-bond acceptors (Lipinski definition) is 3. The fourth-order valence-electron chi connectivity index (χ4n) is 2.60. The smallest absolute Gasteiger partial charge is 0.0738 e. The van der Waals surface area contributed by atoms with Gasteiger partial charge in [-0.1, -0.05) is 0 Å². The fraction of sp³-hybridized carbons (Fsp3) is 0.615. The largest absolute Gasteiger partial charge is 0.375 e. The third-order valence-corrected chi connectivity index (χ3v) is 3.90. The maximum absolute atomic E-state index is 5.72. The normalized spacial score (nSPS) is 23.2. The van der Waals surface area contributed by atoms with Gasteiger partial charge in [0, 0.05) is 18.8 Å². The monoisotopic (exact) mass is 218 g/mol. The molecule has 1 aromatic heterocycles. The minimum Gasteiger partial charge on any atom is -0.375 e. The number of rotatable bonds is 1. The highest BCUT2D eigenvalue weighted by atomic mass is 16.5. The summed E-state index contributed by atoms with van der Waals surface area (Å²) in [4.78, 5) is 6.77. The number of hydrogen-bond donors (Lipinski definition) is 0.